The molecule has 1 aromatic carbocycles. The molecule has 6 heteroatoms. The SMILES string of the molecule is C=C(C)CN1CCN(C[C@@H](CC(=O)NCc2ccccc2)C(=O)O)CC1. The van der Waals surface area contributed by atoms with Gasteiger partial charge in [0.2, 0.25) is 5.91 Å². The number of carbonyl (C=O) groups is 2. The molecule has 0 aliphatic carbocycles. The maximum atomic E-state index is 12.1. The molecule has 2 N–H and O–H groups in total. The first-order valence-corrected chi connectivity index (χ1v) is 9.06. The minimum absolute atomic E-state index is 0.00808. The van der Waals surface area contributed by atoms with Gasteiger partial charge in [0.05, 0.1) is 5.92 Å². The van der Waals surface area contributed by atoms with Gasteiger partial charge in [0.25, 0.3) is 0 Å². The van der Waals surface area contributed by atoms with Gasteiger partial charge in [-0.1, -0.05) is 42.5 Å². The molecule has 1 saturated heterocycles. The number of hydrogen-bond acceptors (Lipinski definition) is 4. The van der Waals surface area contributed by atoms with E-state index in [1.165, 1.54) is 0 Å². The third-order valence-corrected chi connectivity index (χ3v) is 4.55. The van der Waals surface area contributed by atoms with E-state index in [0.717, 1.165) is 43.9 Å². The Balaban J connectivity index is 1.77. The molecule has 0 saturated carbocycles. The number of carbonyl (C=O) groups excluding carboxylic acids is 1. The zero-order valence-corrected chi connectivity index (χ0v) is 15.5. The molecule has 1 aliphatic heterocycles. The number of rotatable bonds is 9. The number of nitrogens with one attached hydrogen (secondary N) is 1. The van der Waals surface area contributed by atoms with E-state index >= 15 is 0 Å². The van der Waals surface area contributed by atoms with Gasteiger partial charge in [0.15, 0.2) is 0 Å². The van der Waals surface area contributed by atoms with Crippen LogP contribution in [-0.2, 0) is 16.1 Å². The van der Waals surface area contributed by atoms with E-state index in [-0.39, 0.29) is 12.3 Å². The first-order valence-electron chi connectivity index (χ1n) is 9.06. The highest BCUT2D eigenvalue weighted by atomic mass is 16.4. The van der Waals surface area contributed by atoms with Gasteiger partial charge in [-0.2, -0.15) is 0 Å². The second-order valence-electron chi connectivity index (χ2n) is 7.04. The van der Waals surface area contributed by atoms with Gasteiger partial charge >= 0.3 is 5.97 Å². The average molecular weight is 359 g/mol. The van der Waals surface area contributed by atoms with E-state index in [2.05, 4.69) is 21.7 Å². The van der Waals surface area contributed by atoms with Crippen LogP contribution in [0.5, 0.6) is 0 Å². The average Bonchev–Trinajstić information content (AvgIpc) is 2.61. The number of aliphatic carboxylic acids is 1. The Morgan fingerprint density at radius 3 is 2.35 bits per heavy atom. The fourth-order valence-electron chi connectivity index (χ4n) is 3.15. The van der Waals surface area contributed by atoms with E-state index in [1.54, 1.807) is 0 Å². The van der Waals surface area contributed by atoms with Gasteiger partial charge < -0.3 is 10.4 Å². The van der Waals surface area contributed by atoms with Crippen molar-refractivity contribution in [2.24, 2.45) is 5.92 Å². The predicted molar refractivity (Wildman–Crippen MR) is 102 cm³/mol. The number of carboxylic acid groups (broad SMARTS) is 1. The standard InChI is InChI=1S/C20H29N3O3/c1-16(2)14-22-8-10-23(11-9-22)15-18(20(25)26)12-19(24)21-13-17-6-4-3-5-7-17/h3-7,18H,1,8-15H2,2H3,(H,21,24)(H,25,26)/t18-/m1/s1. The Hall–Kier alpha value is -2.18. The number of nitrogens with zero attached hydrogens (tertiary/aromatic N) is 2. The molecule has 142 valence electrons. The van der Waals surface area contributed by atoms with Crippen LogP contribution in [0.3, 0.4) is 0 Å². The smallest absolute Gasteiger partial charge is 0.308 e. The summed E-state index contributed by atoms with van der Waals surface area (Å²) in [7, 11) is 0. The first-order chi connectivity index (χ1) is 12.4. The molecule has 0 unspecified atom stereocenters. The molecule has 0 bridgehead atoms. The lowest BCUT2D eigenvalue weighted by atomic mass is 10.0. The summed E-state index contributed by atoms with van der Waals surface area (Å²) in [5.74, 6) is -1.81. The van der Waals surface area contributed by atoms with Crippen LogP contribution >= 0.6 is 0 Å². The Labute approximate surface area is 155 Å². The van der Waals surface area contributed by atoms with E-state index < -0.39 is 11.9 Å². The molecule has 0 aromatic heterocycles. The monoisotopic (exact) mass is 359 g/mol. The number of benzene rings is 1. The molecule has 1 heterocycles. The maximum absolute atomic E-state index is 12.1. The summed E-state index contributed by atoms with van der Waals surface area (Å²) >= 11 is 0. The quantitative estimate of drug-likeness (QED) is 0.655. The van der Waals surface area contributed by atoms with E-state index in [4.69, 9.17) is 0 Å². The van der Waals surface area contributed by atoms with Crippen LogP contribution in [0.15, 0.2) is 42.5 Å². The van der Waals surface area contributed by atoms with Crippen molar-refractivity contribution in [3.05, 3.63) is 48.0 Å². The molecule has 1 aromatic rings. The Kier molecular flexibility index (Phi) is 7.81. The van der Waals surface area contributed by atoms with Crippen molar-refractivity contribution < 1.29 is 14.7 Å². The Morgan fingerprint density at radius 2 is 1.77 bits per heavy atom. The highest BCUT2D eigenvalue weighted by Gasteiger charge is 2.26. The molecule has 1 amide bonds. The minimum atomic E-state index is -0.913. The molecule has 1 atom stereocenters. The first kappa shape index (κ1) is 20.1. The minimum Gasteiger partial charge on any atom is -0.481 e. The highest BCUT2D eigenvalue weighted by Crippen LogP contribution is 2.11. The fourth-order valence-corrected chi connectivity index (χ4v) is 3.15. The largest absolute Gasteiger partial charge is 0.481 e. The zero-order chi connectivity index (χ0) is 18.9. The van der Waals surface area contributed by atoms with Crippen LogP contribution < -0.4 is 5.32 Å². The summed E-state index contributed by atoms with van der Waals surface area (Å²) < 4.78 is 0. The predicted octanol–water partition coefficient (Wildman–Crippen LogP) is 1.59. The molecule has 1 fully saturated rings. The maximum Gasteiger partial charge on any atom is 0.308 e. The zero-order valence-electron chi connectivity index (χ0n) is 15.5. The second-order valence-corrected chi connectivity index (χ2v) is 7.04. The van der Waals surface area contributed by atoms with Crippen LogP contribution in [0, 0.1) is 5.92 Å². The van der Waals surface area contributed by atoms with Gasteiger partial charge in [0.1, 0.15) is 0 Å². The molecular formula is C20H29N3O3. The topological polar surface area (TPSA) is 72.9 Å². The molecule has 6 nitrogen and oxygen atoms in total. The van der Waals surface area contributed by atoms with Crippen molar-refractivity contribution in [3.8, 4) is 0 Å². The molecule has 2 rings (SSSR count). The Morgan fingerprint density at radius 1 is 1.15 bits per heavy atom. The van der Waals surface area contributed by atoms with Gasteiger partial charge in [0, 0.05) is 52.2 Å². The van der Waals surface area contributed by atoms with Gasteiger partial charge in [-0.25, -0.2) is 0 Å². The number of carboxylic acids is 1. The van der Waals surface area contributed by atoms with Gasteiger partial charge in [-0.15, -0.1) is 0 Å². The molecule has 0 radical (unpaired) electrons. The van der Waals surface area contributed by atoms with Crippen molar-refractivity contribution in [3.63, 3.8) is 0 Å². The normalized spacial score (nSPS) is 16.8. The number of piperazine rings is 1. The lowest BCUT2D eigenvalue weighted by Gasteiger charge is -2.35. The van der Waals surface area contributed by atoms with Crippen molar-refractivity contribution >= 4 is 11.9 Å². The second kappa shape index (κ2) is 10.1. The molecule has 1 aliphatic rings. The van der Waals surface area contributed by atoms with Crippen LogP contribution in [0.2, 0.25) is 0 Å². The van der Waals surface area contributed by atoms with Crippen molar-refractivity contribution in [2.45, 2.75) is 19.9 Å². The van der Waals surface area contributed by atoms with Crippen molar-refractivity contribution in [1.29, 1.82) is 0 Å². The van der Waals surface area contributed by atoms with Crippen molar-refractivity contribution in [2.75, 3.05) is 39.3 Å². The highest BCUT2D eigenvalue weighted by molar-refractivity contribution is 5.82. The van der Waals surface area contributed by atoms with Crippen molar-refractivity contribution in [1.82, 2.24) is 15.1 Å². The fraction of sp³-hybridized carbons (Fsp3) is 0.500. The van der Waals surface area contributed by atoms with Crippen LogP contribution in [0.1, 0.15) is 18.9 Å². The summed E-state index contributed by atoms with van der Waals surface area (Å²) in [6.07, 6.45) is 0.00808. The lowest BCUT2D eigenvalue weighted by molar-refractivity contribution is -0.145. The lowest BCUT2D eigenvalue weighted by Crippen LogP contribution is -2.49. The number of amides is 1. The van der Waals surface area contributed by atoms with Gasteiger partial charge in [-0.3, -0.25) is 19.4 Å². The summed E-state index contributed by atoms with van der Waals surface area (Å²) in [6, 6.07) is 9.60. The van der Waals surface area contributed by atoms with Gasteiger partial charge in [-0.05, 0) is 12.5 Å². The van der Waals surface area contributed by atoms with Crippen LogP contribution in [0.25, 0.3) is 0 Å². The van der Waals surface area contributed by atoms with Crippen LogP contribution in [0.4, 0.5) is 0 Å². The summed E-state index contributed by atoms with van der Waals surface area (Å²) in [6.45, 7) is 11.1. The van der Waals surface area contributed by atoms with Crippen LogP contribution in [-0.4, -0.2) is 66.1 Å². The third-order valence-electron chi connectivity index (χ3n) is 4.55. The third kappa shape index (κ3) is 6.98. The van der Waals surface area contributed by atoms with E-state index in [1.807, 2.05) is 37.3 Å². The Bertz CT molecular complexity index is 610. The summed E-state index contributed by atoms with van der Waals surface area (Å²) in [5.41, 5.74) is 2.14. The van der Waals surface area contributed by atoms with E-state index in [0.29, 0.717) is 13.1 Å². The summed E-state index contributed by atoms with van der Waals surface area (Å²) in [4.78, 5) is 28.2. The molecule has 26 heavy (non-hydrogen) atoms. The number of hydrogen-bond donors (Lipinski definition) is 2. The summed E-state index contributed by atoms with van der Waals surface area (Å²) in [5, 5.41) is 12.3. The molecule has 0 spiro atoms. The van der Waals surface area contributed by atoms with E-state index in [9.17, 15) is 14.7 Å². The molecular weight excluding hydrogens is 330 g/mol.